The van der Waals surface area contributed by atoms with Crippen molar-refractivity contribution in [1.29, 1.82) is 0 Å². The molecule has 1 saturated heterocycles. The van der Waals surface area contributed by atoms with E-state index >= 15 is 0 Å². The molecule has 0 spiro atoms. The molecule has 1 heterocycles. The Morgan fingerprint density at radius 2 is 1.88 bits per heavy atom. The predicted octanol–water partition coefficient (Wildman–Crippen LogP) is 3.95. The lowest BCUT2D eigenvalue weighted by Gasteiger charge is -2.45. The van der Waals surface area contributed by atoms with E-state index in [2.05, 4.69) is 56.9 Å². The number of hydrogen-bond acceptors (Lipinski definition) is 4. The van der Waals surface area contributed by atoms with Crippen molar-refractivity contribution in [3.05, 3.63) is 77.4 Å². The fourth-order valence-corrected chi connectivity index (χ4v) is 4.91. The average Bonchev–Trinajstić information content (AvgIpc) is 2.76. The summed E-state index contributed by atoms with van der Waals surface area (Å²) in [5.74, 6) is -0.386. The standard InChI is InChI=1S/C26H32N2O4S/c1-17(2)23(27-24(29)20-7-6-8-21(15-20)33(31)32)25(30)28-14-13-22(26(4,5)16-28)19-11-9-18(3)10-12-19/h6-12,15,22-23H,1,13-14,16H2,2-5H3,(H,27,29)(H,31,32)/p-1. The highest BCUT2D eigenvalue weighted by molar-refractivity contribution is 7.79. The van der Waals surface area contributed by atoms with E-state index in [1.807, 2.05) is 0 Å². The maximum atomic E-state index is 13.4. The minimum atomic E-state index is -2.44. The van der Waals surface area contributed by atoms with Gasteiger partial charge < -0.3 is 14.8 Å². The minimum absolute atomic E-state index is 0.0146. The van der Waals surface area contributed by atoms with Gasteiger partial charge in [0.15, 0.2) is 0 Å². The smallest absolute Gasteiger partial charge is 0.252 e. The molecule has 0 saturated carbocycles. The number of carbonyl (C=O) groups excluding carboxylic acids is 2. The zero-order valence-electron chi connectivity index (χ0n) is 19.6. The Labute approximate surface area is 198 Å². The highest BCUT2D eigenvalue weighted by Crippen LogP contribution is 2.42. The van der Waals surface area contributed by atoms with Crippen molar-refractivity contribution in [2.24, 2.45) is 5.41 Å². The van der Waals surface area contributed by atoms with Crippen molar-refractivity contribution in [3.63, 3.8) is 0 Å². The lowest BCUT2D eigenvalue weighted by molar-refractivity contribution is -0.135. The van der Waals surface area contributed by atoms with Crippen LogP contribution in [0.15, 0.2) is 65.6 Å². The number of rotatable bonds is 6. The van der Waals surface area contributed by atoms with Crippen LogP contribution in [0.25, 0.3) is 0 Å². The Balaban J connectivity index is 1.74. The summed E-state index contributed by atoms with van der Waals surface area (Å²) in [4.78, 5) is 28.0. The van der Waals surface area contributed by atoms with Crippen molar-refractivity contribution < 1.29 is 18.4 Å². The van der Waals surface area contributed by atoms with Gasteiger partial charge in [0.05, 0.1) is 0 Å². The van der Waals surface area contributed by atoms with Gasteiger partial charge in [0.2, 0.25) is 5.91 Å². The van der Waals surface area contributed by atoms with Crippen molar-refractivity contribution in [1.82, 2.24) is 10.2 Å². The molecule has 6 nitrogen and oxygen atoms in total. The van der Waals surface area contributed by atoms with Crippen molar-refractivity contribution in [2.45, 2.75) is 51.0 Å². The minimum Gasteiger partial charge on any atom is -0.768 e. The molecule has 1 N–H and O–H groups in total. The van der Waals surface area contributed by atoms with Crippen LogP contribution in [0.3, 0.4) is 0 Å². The lowest BCUT2D eigenvalue weighted by Crippen LogP contribution is -2.54. The third kappa shape index (κ3) is 5.78. The summed E-state index contributed by atoms with van der Waals surface area (Å²) >= 11 is -2.44. The molecule has 3 atom stereocenters. The summed E-state index contributed by atoms with van der Waals surface area (Å²) in [5, 5.41) is 2.74. The second-order valence-corrected chi connectivity index (χ2v) is 10.5. The van der Waals surface area contributed by atoms with Crippen LogP contribution in [0.4, 0.5) is 0 Å². The molecule has 0 bridgehead atoms. The average molecular weight is 468 g/mol. The zero-order valence-corrected chi connectivity index (χ0v) is 20.4. The predicted molar refractivity (Wildman–Crippen MR) is 129 cm³/mol. The number of hydrogen-bond donors (Lipinski definition) is 1. The molecule has 0 radical (unpaired) electrons. The Kier molecular flexibility index (Phi) is 7.55. The van der Waals surface area contributed by atoms with E-state index in [4.69, 9.17) is 0 Å². The molecule has 2 amide bonds. The van der Waals surface area contributed by atoms with E-state index in [1.165, 1.54) is 35.4 Å². The molecule has 1 fully saturated rings. The fourth-order valence-electron chi connectivity index (χ4n) is 4.50. The van der Waals surface area contributed by atoms with Crippen molar-refractivity contribution in [2.75, 3.05) is 13.1 Å². The van der Waals surface area contributed by atoms with Gasteiger partial charge in [-0.2, -0.15) is 0 Å². The number of nitrogens with zero attached hydrogens (tertiary/aromatic N) is 1. The second-order valence-electron chi connectivity index (χ2n) is 9.52. The number of likely N-dealkylation sites (tertiary alicyclic amines) is 1. The van der Waals surface area contributed by atoms with Gasteiger partial charge >= 0.3 is 0 Å². The van der Waals surface area contributed by atoms with Crippen LogP contribution in [0.1, 0.15) is 54.6 Å². The van der Waals surface area contributed by atoms with E-state index in [-0.39, 0.29) is 21.8 Å². The van der Waals surface area contributed by atoms with E-state index in [9.17, 15) is 18.4 Å². The Morgan fingerprint density at radius 3 is 2.45 bits per heavy atom. The normalized spacial score (nSPS) is 19.4. The highest BCUT2D eigenvalue weighted by atomic mass is 32.2. The Bertz CT molecular complexity index is 1080. The first-order chi connectivity index (χ1) is 15.5. The topological polar surface area (TPSA) is 89.5 Å². The van der Waals surface area contributed by atoms with E-state index in [0.29, 0.717) is 24.6 Å². The maximum absolute atomic E-state index is 13.4. The number of piperidine rings is 1. The number of aryl methyl sites for hydroxylation is 1. The molecule has 3 unspecified atom stereocenters. The first kappa shape index (κ1) is 24.9. The molecule has 33 heavy (non-hydrogen) atoms. The number of carbonyl (C=O) groups is 2. The summed E-state index contributed by atoms with van der Waals surface area (Å²) < 4.78 is 22.4. The molecule has 176 valence electrons. The lowest BCUT2D eigenvalue weighted by atomic mass is 9.70. The van der Waals surface area contributed by atoms with Gasteiger partial charge in [0.1, 0.15) is 6.04 Å². The summed E-state index contributed by atoms with van der Waals surface area (Å²) in [6.07, 6.45) is 0.829. The maximum Gasteiger partial charge on any atom is 0.252 e. The van der Waals surface area contributed by atoms with Gasteiger partial charge in [0.25, 0.3) is 5.91 Å². The second kappa shape index (κ2) is 10.0. The molecule has 7 heteroatoms. The van der Waals surface area contributed by atoms with E-state index in [1.54, 1.807) is 11.8 Å². The third-order valence-corrected chi connectivity index (χ3v) is 6.96. The van der Waals surface area contributed by atoms with Gasteiger partial charge in [-0.05, 0) is 72.0 Å². The van der Waals surface area contributed by atoms with Gasteiger partial charge in [-0.3, -0.25) is 13.8 Å². The summed E-state index contributed by atoms with van der Waals surface area (Å²) in [6, 6.07) is 13.4. The summed E-state index contributed by atoms with van der Waals surface area (Å²) in [6.45, 7) is 13.2. The number of benzene rings is 2. The summed E-state index contributed by atoms with van der Waals surface area (Å²) in [7, 11) is 0. The fraction of sp³-hybridized carbons (Fsp3) is 0.385. The van der Waals surface area contributed by atoms with Crippen LogP contribution < -0.4 is 5.32 Å². The highest BCUT2D eigenvalue weighted by Gasteiger charge is 2.40. The molecular weight excluding hydrogens is 436 g/mol. The van der Waals surface area contributed by atoms with Crippen LogP contribution in [0, 0.1) is 12.3 Å². The van der Waals surface area contributed by atoms with Gasteiger partial charge in [-0.25, -0.2) is 0 Å². The van der Waals surface area contributed by atoms with Crippen LogP contribution >= 0.6 is 0 Å². The van der Waals surface area contributed by atoms with Crippen LogP contribution in [0.2, 0.25) is 0 Å². The molecular formula is C26H31N2O4S-. The van der Waals surface area contributed by atoms with Gasteiger partial charge in [-0.1, -0.05) is 56.3 Å². The largest absolute Gasteiger partial charge is 0.768 e. The zero-order chi connectivity index (χ0) is 24.3. The number of amides is 2. The van der Waals surface area contributed by atoms with Crippen LogP contribution in [0.5, 0.6) is 0 Å². The Morgan fingerprint density at radius 1 is 1.21 bits per heavy atom. The molecule has 0 aliphatic carbocycles. The first-order valence-electron chi connectivity index (χ1n) is 11.0. The molecule has 3 rings (SSSR count). The summed E-state index contributed by atoms with van der Waals surface area (Å²) in [5.41, 5.74) is 3.05. The molecule has 0 aromatic heterocycles. The third-order valence-electron chi connectivity index (χ3n) is 6.32. The van der Waals surface area contributed by atoms with Crippen molar-refractivity contribution in [3.8, 4) is 0 Å². The molecule has 2 aromatic carbocycles. The monoisotopic (exact) mass is 467 g/mol. The van der Waals surface area contributed by atoms with Crippen molar-refractivity contribution >= 4 is 22.9 Å². The molecule has 1 aliphatic rings. The first-order valence-corrected chi connectivity index (χ1v) is 12.1. The molecule has 2 aromatic rings. The quantitative estimate of drug-likeness (QED) is 0.515. The van der Waals surface area contributed by atoms with Crippen LogP contribution in [-0.4, -0.2) is 44.6 Å². The van der Waals surface area contributed by atoms with E-state index in [0.717, 1.165) is 6.42 Å². The Hall–Kier alpha value is -2.77. The molecule has 1 aliphatic heterocycles. The number of nitrogens with one attached hydrogen (secondary N) is 1. The van der Waals surface area contributed by atoms with Gasteiger partial charge in [0, 0.05) is 23.5 Å². The SMILES string of the molecule is C=C(C)C(NC(=O)c1cccc(S(=O)[O-])c1)C(=O)N1CCC(c2ccc(C)cc2)C(C)(C)C1. The van der Waals surface area contributed by atoms with Crippen LogP contribution in [-0.2, 0) is 15.9 Å². The van der Waals surface area contributed by atoms with E-state index < -0.39 is 23.0 Å². The van der Waals surface area contributed by atoms with Gasteiger partial charge in [-0.15, -0.1) is 0 Å².